The van der Waals surface area contributed by atoms with Gasteiger partial charge in [0.25, 0.3) is 5.91 Å². The molecule has 1 atom stereocenters. The molecule has 0 saturated heterocycles. The van der Waals surface area contributed by atoms with Crippen molar-refractivity contribution >= 4 is 59.0 Å². The van der Waals surface area contributed by atoms with E-state index in [2.05, 4.69) is 25.9 Å². The van der Waals surface area contributed by atoms with Gasteiger partial charge in [-0.2, -0.15) is 0 Å². The summed E-state index contributed by atoms with van der Waals surface area (Å²) in [6.07, 6.45) is 3.16. The van der Waals surface area contributed by atoms with Crippen LogP contribution in [0.4, 0.5) is 0 Å². The number of guanidine groups is 1. The summed E-state index contributed by atoms with van der Waals surface area (Å²) in [4.78, 5) is 20.0. The van der Waals surface area contributed by atoms with Crippen LogP contribution in [0, 0.1) is 0 Å². The molecule has 1 unspecified atom stereocenters. The number of hydrogen-bond donors (Lipinski definition) is 3. The Morgan fingerprint density at radius 3 is 2.59 bits per heavy atom. The van der Waals surface area contributed by atoms with E-state index in [9.17, 15) is 4.79 Å². The lowest BCUT2D eigenvalue weighted by Gasteiger charge is -2.19. The molecule has 146 valence electrons. The molecule has 0 bridgehead atoms. The monoisotopic (exact) mass is 521 g/mol. The van der Waals surface area contributed by atoms with Crippen LogP contribution in [0.25, 0.3) is 0 Å². The number of carbonyl (C=O) groups is 1. The van der Waals surface area contributed by atoms with Crippen LogP contribution in [-0.4, -0.2) is 37.0 Å². The van der Waals surface area contributed by atoms with Crippen LogP contribution in [0.2, 0.25) is 10.0 Å². The molecule has 1 aromatic heterocycles. The molecular formula is C18H22Cl2IN5O. The smallest absolute Gasteiger partial charge is 0.252 e. The third-order valence-corrected chi connectivity index (χ3v) is 4.19. The van der Waals surface area contributed by atoms with Crippen LogP contribution in [0.1, 0.15) is 28.9 Å². The maximum absolute atomic E-state index is 11.9. The highest BCUT2D eigenvalue weighted by Crippen LogP contribution is 2.25. The highest BCUT2D eigenvalue weighted by molar-refractivity contribution is 14.0. The van der Waals surface area contributed by atoms with Crippen LogP contribution in [0.3, 0.4) is 0 Å². The van der Waals surface area contributed by atoms with Crippen molar-refractivity contribution in [2.24, 2.45) is 4.99 Å². The van der Waals surface area contributed by atoms with E-state index in [1.54, 1.807) is 37.5 Å². The minimum atomic E-state index is -0.163. The molecule has 2 rings (SSSR count). The Balaban J connectivity index is 0.00000364. The van der Waals surface area contributed by atoms with E-state index in [1.807, 2.05) is 13.0 Å². The van der Waals surface area contributed by atoms with Crippen molar-refractivity contribution in [2.75, 3.05) is 20.1 Å². The molecule has 0 fully saturated rings. The number of halogens is 3. The second-order valence-corrected chi connectivity index (χ2v) is 6.37. The maximum Gasteiger partial charge on any atom is 0.252 e. The topological polar surface area (TPSA) is 78.4 Å². The van der Waals surface area contributed by atoms with E-state index >= 15 is 0 Å². The Morgan fingerprint density at radius 2 is 1.96 bits per heavy atom. The summed E-state index contributed by atoms with van der Waals surface area (Å²) in [7, 11) is 1.68. The first kappa shape index (κ1) is 23.5. The molecule has 0 radical (unpaired) electrons. The third-order valence-electron chi connectivity index (χ3n) is 3.63. The van der Waals surface area contributed by atoms with Crippen LogP contribution in [0.5, 0.6) is 0 Å². The number of pyridine rings is 1. The van der Waals surface area contributed by atoms with Crippen LogP contribution in [-0.2, 0) is 0 Å². The second kappa shape index (κ2) is 12.0. The molecular weight excluding hydrogens is 500 g/mol. The molecule has 0 aliphatic rings. The van der Waals surface area contributed by atoms with Crippen molar-refractivity contribution < 1.29 is 4.79 Å². The van der Waals surface area contributed by atoms with Gasteiger partial charge in [0.05, 0.1) is 11.6 Å². The quantitative estimate of drug-likeness (QED) is 0.234. The zero-order valence-electron chi connectivity index (χ0n) is 15.0. The Kier molecular flexibility index (Phi) is 10.4. The zero-order valence-corrected chi connectivity index (χ0v) is 18.8. The predicted octanol–water partition coefficient (Wildman–Crippen LogP) is 3.66. The SMILES string of the molecule is CN=C(NCCNC(=O)c1cccnc1)NC(C)c1ccc(Cl)cc1Cl.I. The van der Waals surface area contributed by atoms with E-state index in [4.69, 9.17) is 23.2 Å². The highest BCUT2D eigenvalue weighted by Gasteiger charge is 2.12. The number of nitrogens with zero attached hydrogens (tertiary/aromatic N) is 2. The summed E-state index contributed by atoms with van der Waals surface area (Å²) < 4.78 is 0. The van der Waals surface area contributed by atoms with Crippen molar-refractivity contribution in [3.8, 4) is 0 Å². The first-order chi connectivity index (χ1) is 12.5. The molecule has 0 spiro atoms. The van der Waals surface area contributed by atoms with Gasteiger partial charge < -0.3 is 16.0 Å². The van der Waals surface area contributed by atoms with Gasteiger partial charge in [-0.15, -0.1) is 24.0 Å². The summed E-state index contributed by atoms with van der Waals surface area (Å²) in [6.45, 7) is 2.95. The largest absolute Gasteiger partial charge is 0.355 e. The number of aliphatic imine (C=N–C) groups is 1. The van der Waals surface area contributed by atoms with Crippen molar-refractivity contribution in [1.82, 2.24) is 20.9 Å². The van der Waals surface area contributed by atoms with E-state index in [0.29, 0.717) is 34.7 Å². The third kappa shape index (κ3) is 7.51. The molecule has 3 N–H and O–H groups in total. The minimum Gasteiger partial charge on any atom is -0.355 e. The van der Waals surface area contributed by atoms with Gasteiger partial charge in [-0.05, 0) is 36.8 Å². The normalized spacial score (nSPS) is 11.9. The van der Waals surface area contributed by atoms with Gasteiger partial charge >= 0.3 is 0 Å². The number of hydrogen-bond acceptors (Lipinski definition) is 3. The standard InChI is InChI=1S/C18H21Cl2N5O.HI/c1-12(15-6-5-14(19)10-16(15)20)25-18(21-2)24-9-8-23-17(26)13-4-3-7-22-11-13;/h3-7,10-12H,8-9H2,1-2H3,(H,23,26)(H2,21,24,25);1H. The summed E-state index contributed by atoms with van der Waals surface area (Å²) >= 11 is 12.2. The number of carbonyl (C=O) groups excluding carboxylic acids is 1. The Morgan fingerprint density at radius 1 is 1.22 bits per heavy atom. The van der Waals surface area contributed by atoms with Gasteiger partial charge in [0.1, 0.15) is 0 Å². The fourth-order valence-corrected chi connectivity index (χ4v) is 2.86. The van der Waals surface area contributed by atoms with Gasteiger partial charge in [-0.1, -0.05) is 29.3 Å². The summed E-state index contributed by atoms with van der Waals surface area (Å²) in [5, 5.41) is 10.4. The van der Waals surface area contributed by atoms with Crippen molar-refractivity contribution in [2.45, 2.75) is 13.0 Å². The number of benzene rings is 1. The van der Waals surface area contributed by atoms with E-state index in [1.165, 1.54) is 6.20 Å². The van der Waals surface area contributed by atoms with E-state index < -0.39 is 0 Å². The van der Waals surface area contributed by atoms with Crippen LogP contribution < -0.4 is 16.0 Å². The maximum atomic E-state index is 11.9. The van der Waals surface area contributed by atoms with Crippen LogP contribution >= 0.6 is 47.2 Å². The molecule has 1 amide bonds. The van der Waals surface area contributed by atoms with Gasteiger partial charge in [-0.3, -0.25) is 14.8 Å². The molecule has 27 heavy (non-hydrogen) atoms. The lowest BCUT2D eigenvalue weighted by atomic mass is 10.1. The fourth-order valence-electron chi connectivity index (χ4n) is 2.29. The van der Waals surface area contributed by atoms with Gasteiger partial charge in [-0.25, -0.2) is 0 Å². The Labute approximate surface area is 186 Å². The van der Waals surface area contributed by atoms with E-state index in [-0.39, 0.29) is 35.9 Å². The molecule has 1 aromatic carbocycles. The first-order valence-corrected chi connectivity index (χ1v) is 8.87. The fraction of sp³-hybridized carbons (Fsp3) is 0.278. The molecule has 1 heterocycles. The average molecular weight is 522 g/mol. The molecule has 9 heteroatoms. The molecule has 2 aromatic rings. The summed E-state index contributed by atoms with van der Waals surface area (Å²) in [6, 6.07) is 8.77. The second-order valence-electron chi connectivity index (χ2n) is 5.53. The number of rotatable bonds is 6. The van der Waals surface area contributed by atoms with Crippen molar-refractivity contribution in [3.63, 3.8) is 0 Å². The molecule has 0 saturated carbocycles. The zero-order chi connectivity index (χ0) is 18.9. The first-order valence-electron chi connectivity index (χ1n) is 8.11. The van der Waals surface area contributed by atoms with Gasteiger partial charge in [0.2, 0.25) is 0 Å². The van der Waals surface area contributed by atoms with Crippen molar-refractivity contribution in [3.05, 3.63) is 63.9 Å². The van der Waals surface area contributed by atoms with Crippen LogP contribution in [0.15, 0.2) is 47.7 Å². The number of aromatic nitrogens is 1. The van der Waals surface area contributed by atoms with E-state index in [0.717, 1.165) is 5.56 Å². The Bertz CT molecular complexity index is 774. The summed E-state index contributed by atoms with van der Waals surface area (Å²) in [5.74, 6) is 0.448. The minimum absolute atomic E-state index is 0. The lowest BCUT2D eigenvalue weighted by Crippen LogP contribution is -2.42. The number of nitrogens with one attached hydrogen (secondary N) is 3. The summed E-state index contributed by atoms with van der Waals surface area (Å²) in [5.41, 5.74) is 1.45. The highest BCUT2D eigenvalue weighted by atomic mass is 127. The molecule has 0 aliphatic carbocycles. The molecule has 0 aliphatic heterocycles. The Hall–Kier alpha value is -1.58. The average Bonchev–Trinajstić information content (AvgIpc) is 2.64. The van der Waals surface area contributed by atoms with Gasteiger partial charge in [0, 0.05) is 42.6 Å². The predicted molar refractivity (Wildman–Crippen MR) is 121 cm³/mol. The lowest BCUT2D eigenvalue weighted by molar-refractivity contribution is 0.0954. The molecule has 6 nitrogen and oxygen atoms in total. The van der Waals surface area contributed by atoms with Gasteiger partial charge in [0.15, 0.2) is 5.96 Å². The van der Waals surface area contributed by atoms with Crippen molar-refractivity contribution in [1.29, 1.82) is 0 Å². The number of amides is 1.